The van der Waals surface area contributed by atoms with Gasteiger partial charge in [-0.2, -0.15) is 0 Å². The van der Waals surface area contributed by atoms with Gasteiger partial charge in [-0.3, -0.25) is 14.5 Å². The van der Waals surface area contributed by atoms with Crippen molar-refractivity contribution in [2.45, 2.75) is 57.9 Å². The van der Waals surface area contributed by atoms with Crippen molar-refractivity contribution in [2.75, 3.05) is 11.3 Å². The van der Waals surface area contributed by atoms with E-state index < -0.39 is 10.0 Å². The molecule has 7 heteroatoms. The number of ketones is 1. The molecule has 174 valence electrons. The predicted molar refractivity (Wildman–Crippen MR) is 130 cm³/mol. The Morgan fingerprint density at radius 2 is 1.97 bits per heavy atom. The van der Waals surface area contributed by atoms with Crippen LogP contribution in [0.5, 0.6) is 0 Å². The zero-order valence-corrected chi connectivity index (χ0v) is 20.4. The van der Waals surface area contributed by atoms with Gasteiger partial charge in [0.1, 0.15) is 0 Å². The number of nitrogens with one attached hydrogen (secondary N) is 1. The van der Waals surface area contributed by atoms with Crippen LogP contribution >= 0.6 is 0 Å². The van der Waals surface area contributed by atoms with Crippen molar-refractivity contribution in [2.24, 2.45) is 5.92 Å². The molecule has 2 aromatic rings. The van der Waals surface area contributed by atoms with E-state index in [1.807, 2.05) is 25.1 Å². The van der Waals surface area contributed by atoms with E-state index in [-0.39, 0.29) is 16.7 Å². The van der Waals surface area contributed by atoms with Gasteiger partial charge >= 0.3 is 0 Å². The van der Waals surface area contributed by atoms with E-state index in [2.05, 4.69) is 40.6 Å². The third-order valence-corrected chi connectivity index (χ3v) is 7.91. The normalized spacial score (nSPS) is 19.8. The molecule has 1 aromatic carbocycles. The molecule has 1 aliphatic carbocycles. The number of Topliss-reactive ketones (excluding diaryl/α,β-unsaturated/α-hetero) is 1. The number of hydrogen-bond donors (Lipinski definition) is 1. The van der Waals surface area contributed by atoms with Crippen LogP contribution in [0.25, 0.3) is 0 Å². The van der Waals surface area contributed by atoms with Crippen LogP contribution in [0.3, 0.4) is 0 Å². The first-order valence-electron chi connectivity index (χ1n) is 11.4. The number of rotatable bonds is 5. The lowest BCUT2D eigenvalue weighted by atomic mass is 9.91. The van der Waals surface area contributed by atoms with E-state index in [9.17, 15) is 13.2 Å². The number of sulfonamides is 1. The SMILES string of the molecule is Cc1ccc(C)c(S(=O)(=O)Nc2ccc(C(C)N3CCCC(=O)C4=CC(C)CC=C43)nc2)c1. The first kappa shape index (κ1) is 23.2. The molecule has 1 N–H and O–H groups in total. The Labute approximate surface area is 196 Å². The average molecular weight is 466 g/mol. The number of likely N-dealkylation sites (tertiary alicyclic amines) is 1. The summed E-state index contributed by atoms with van der Waals surface area (Å²) < 4.78 is 28.4. The first-order chi connectivity index (χ1) is 15.7. The lowest BCUT2D eigenvalue weighted by Gasteiger charge is -2.34. The van der Waals surface area contributed by atoms with Crippen LogP contribution in [0, 0.1) is 19.8 Å². The molecule has 0 spiro atoms. The number of carbonyl (C=O) groups is 1. The zero-order chi connectivity index (χ0) is 23.8. The van der Waals surface area contributed by atoms with Crippen molar-refractivity contribution >= 4 is 21.5 Å². The summed E-state index contributed by atoms with van der Waals surface area (Å²) in [6.07, 6.45) is 8.12. The van der Waals surface area contributed by atoms with E-state index in [0.717, 1.165) is 41.9 Å². The molecule has 1 fully saturated rings. The summed E-state index contributed by atoms with van der Waals surface area (Å²) in [5, 5.41) is 0. The largest absolute Gasteiger partial charge is 0.363 e. The maximum absolute atomic E-state index is 12.9. The Hall–Kier alpha value is -2.93. The monoisotopic (exact) mass is 465 g/mol. The highest BCUT2D eigenvalue weighted by atomic mass is 32.2. The number of benzene rings is 1. The van der Waals surface area contributed by atoms with Crippen molar-refractivity contribution in [1.29, 1.82) is 0 Å². The standard InChI is InChI=1S/C26H31N3O3S/c1-17-8-12-24-22(14-17)25(30)6-5-13-29(24)20(4)23-11-10-21(16-27-23)28-33(31,32)26-15-18(2)7-9-19(26)3/h7,9-12,14-17,20,28H,5-6,8,13H2,1-4H3. The van der Waals surface area contributed by atoms with Gasteiger partial charge in [-0.25, -0.2) is 8.42 Å². The topological polar surface area (TPSA) is 79.4 Å². The van der Waals surface area contributed by atoms with Gasteiger partial charge in [0.05, 0.1) is 28.5 Å². The van der Waals surface area contributed by atoms with E-state index in [1.165, 1.54) is 0 Å². The third kappa shape index (κ3) is 4.88. The third-order valence-electron chi connectivity index (χ3n) is 6.39. The number of aryl methyl sites for hydroxylation is 2. The first-order valence-corrected chi connectivity index (χ1v) is 12.9. The number of aromatic nitrogens is 1. The van der Waals surface area contributed by atoms with Crippen LogP contribution in [0.2, 0.25) is 0 Å². The molecule has 0 saturated carbocycles. The van der Waals surface area contributed by atoms with Gasteiger partial charge in [-0.15, -0.1) is 0 Å². The molecule has 1 aromatic heterocycles. The van der Waals surface area contributed by atoms with Crippen LogP contribution in [0.4, 0.5) is 5.69 Å². The lowest BCUT2D eigenvalue weighted by molar-refractivity contribution is -0.115. The molecule has 0 radical (unpaired) electrons. The van der Waals surface area contributed by atoms with Crippen LogP contribution < -0.4 is 4.72 Å². The van der Waals surface area contributed by atoms with E-state index in [4.69, 9.17) is 0 Å². The Balaban J connectivity index is 1.55. The second-order valence-electron chi connectivity index (χ2n) is 9.12. The molecule has 0 bridgehead atoms. The van der Waals surface area contributed by atoms with Gasteiger partial charge in [-0.05, 0) is 68.9 Å². The highest BCUT2D eigenvalue weighted by molar-refractivity contribution is 7.92. The maximum atomic E-state index is 12.9. The Morgan fingerprint density at radius 1 is 1.18 bits per heavy atom. The van der Waals surface area contributed by atoms with Gasteiger partial charge < -0.3 is 4.90 Å². The molecule has 2 atom stereocenters. The molecular weight excluding hydrogens is 434 g/mol. The summed E-state index contributed by atoms with van der Waals surface area (Å²) in [7, 11) is -3.71. The van der Waals surface area contributed by atoms with Gasteiger partial charge in [-0.1, -0.05) is 31.2 Å². The molecule has 1 saturated heterocycles. The Bertz CT molecular complexity index is 1230. The van der Waals surface area contributed by atoms with Crippen molar-refractivity contribution in [3.05, 3.63) is 76.8 Å². The summed E-state index contributed by atoms with van der Waals surface area (Å²) in [5.74, 6) is 0.581. The Kier molecular flexibility index (Phi) is 6.43. The van der Waals surface area contributed by atoms with Gasteiger partial charge in [0, 0.05) is 24.2 Å². The van der Waals surface area contributed by atoms with Gasteiger partial charge in [0.25, 0.3) is 10.0 Å². The minimum Gasteiger partial charge on any atom is -0.363 e. The number of carbonyl (C=O) groups excluding carboxylic acids is 1. The van der Waals surface area contributed by atoms with E-state index in [0.29, 0.717) is 23.6 Å². The molecule has 2 unspecified atom stereocenters. The maximum Gasteiger partial charge on any atom is 0.262 e. The van der Waals surface area contributed by atoms with Gasteiger partial charge in [0.15, 0.2) is 5.78 Å². The smallest absolute Gasteiger partial charge is 0.262 e. The second kappa shape index (κ2) is 9.14. The number of nitrogens with zero attached hydrogens (tertiary/aromatic N) is 2. The van der Waals surface area contributed by atoms with Crippen LogP contribution in [0.1, 0.15) is 56.0 Å². The minimum atomic E-state index is -3.71. The number of hydrogen-bond acceptors (Lipinski definition) is 5. The highest BCUT2D eigenvalue weighted by Gasteiger charge is 2.30. The highest BCUT2D eigenvalue weighted by Crippen LogP contribution is 2.35. The predicted octanol–water partition coefficient (Wildman–Crippen LogP) is 5.08. The fourth-order valence-corrected chi connectivity index (χ4v) is 5.87. The van der Waals surface area contributed by atoms with Crippen molar-refractivity contribution < 1.29 is 13.2 Å². The van der Waals surface area contributed by atoms with E-state index in [1.54, 1.807) is 25.3 Å². The number of allylic oxidation sites excluding steroid dienone is 3. The number of fused-ring (bicyclic) bond motifs is 1. The van der Waals surface area contributed by atoms with Crippen molar-refractivity contribution in [3.8, 4) is 0 Å². The molecular formula is C26H31N3O3S. The zero-order valence-electron chi connectivity index (χ0n) is 19.6. The molecule has 2 aliphatic rings. The lowest BCUT2D eigenvalue weighted by Crippen LogP contribution is -2.29. The fourth-order valence-electron chi connectivity index (χ4n) is 4.50. The van der Waals surface area contributed by atoms with Crippen molar-refractivity contribution in [3.63, 3.8) is 0 Å². The Morgan fingerprint density at radius 3 is 2.70 bits per heavy atom. The van der Waals surface area contributed by atoms with Crippen molar-refractivity contribution in [1.82, 2.24) is 9.88 Å². The summed E-state index contributed by atoms with van der Waals surface area (Å²) in [6.45, 7) is 8.65. The molecule has 4 rings (SSSR count). The van der Waals surface area contributed by atoms with Crippen LogP contribution in [-0.2, 0) is 14.8 Å². The van der Waals surface area contributed by atoms with Crippen LogP contribution in [0.15, 0.2) is 64.8 Å². The summed E-state index contributed by atoms with van der Waals surface area (Å²) >= 11 is 0. The number of anilines is 1. The molecule has 2 heterocycles. The minimum absolute atomic E-state index is 0.0383. The fraction of sp³-hybridized carbons (Fsp3) is 0.385. The van der Waals surface area contributed by atoms with E-state index >= 15 is 0 Å². The molecule has 0 amide bonds. The quantitative estimate of drug-likeness (QED) is 0.666. The molecule has 1 aliphatic heterocycles. The average Bonchev–Trinajstić information content (AvgIpc) is 2.94. The summed E-state index contributed by atoms with van der Waals surface area (Å²) in [6, 6.07) is 8.94. The van der Waals surface area contributed by atoms with Crippen LogP contribution in [-0.4, -0.2) is 30.6 Å². The molecule has 6 nitrogen and oxygen atoms in total. The van der Waals surface area contributed by atoms with Gasteiger partial charge in [0.2, 0.25) is 0 Å². The second-order valence-corrected chi connectivity index (χ2v) is 10.8. The molecule has 33 heavy (non-hydrogen) atoms. The summed E-state index contributed by atoms with van der Waals surface area (Å²) in [5.41, 5.74) is 4.67. The number of pyridine rings is 1. The summed E-state index contributed by atoms with van der Waals surface area (Å²) in [4.78, 5) is 19.7.